The van der Waals surface area contributed by atoms with Crippen LogP contribution in [0.5, 0.6) is 5.75 Å². The summed E-state index contributed by atoms with van der Waals surface area (Å²) in [4.78, 5) is 8.22. The Bertz CT molecular complexity index is 759. The second-order valence-corrected chi connectivity index (χ2v) is 5.68. The van der Waals surface area contributed by atoms with E-state index in [2.05, 4.69) is 20.3 Å². The van der Waals surface area contributed by atoms with Crippen molar-refractivity contribution in [2.75, 3.05) is 6.61 Å². The van der Waals surface area contributed by atoms with Crippen molar-refractivity contribution in [3.05, 3.63) is 41.3 Å². The minimum atomic E-state index is 0.0548. The van der Waals surface area contributed by atoms with Gasteiger partial charge in [0.15, 0.2) is 5.84 Å². The molecular weight excluding hydrogens is 316 g/mol. The Kier molecular flexibility index (Phi) is 4.47. The highest BCUT2D eigenvalue weighted by molar-refractivity contribution is 6.32. The highest BCUT2D eigenvalue weighted by Crippen LogP contribution is 2.33. The molecule has 0 radical (unpaired) electrons. The lowest BCUT2D eigenvalue weighted by molar-refractivity contribution is 0.300. The van der Waals surface area contributed by atoms with E-state index in [0.717, 1.165) is 5.56 Å². The van der Waals surface area contributed by atoms with Crippen LogP contribution in [0.3, 0.4) is 0 Å². The van der Waals surface area contributed by atoms with Gasteiger partial charge < -0.3 is 10.5 Å². The Morgan fingerprint density at radius 1 is 1.35 bits per heavy atom. The molecule has 0 atom stereocenters. The number of ether oxygens (including phenoxy) is 1. The van der Waals surface area contributed by atoms with Gasteiger partial charge in [0.25, 0.3) is 0 Å². The van der Waals surface area contributed by atoms with Crippen LogP contribution in [0, 0.1) is 11.4 Å². The van der Waals surface area contributed by atoms with Crippen LogP contribution in [0.4, 0.5) is 0 Å². The Labute approximate surface area is 138 Å². The fourth-order valence-corrected chi connectivity index (χ4v) is 2.26. The van der Waals surface area contributed by atoms with Crippen LogP contribution in [-0.4, -0.2) is 22.4 Å². The largest absolute Gasteiger partial charge is 0.492 e. The predicted molar refractivity (Wildman–Crippen MR) is 86.6 cm³/mol. The molecule has 1 aromatic carbocycles. The van der Waals surface area contributed by atoms with E-state index < -0.39 is 0 Å². The van der Waals surface area contributed by atoms with Crippen molar-refractivity contribution in [1.82, 2.24) is 9.97 Å². The predicted octanol–water partition coefficient (Wildman–Crippen LogP) is 3.24. The summed E-state index contributed by atoms with van der Waals surface area (Å²) >= 11 is 6.28. The summed E-state index contributed by atoms with van der Waals surface area (Å²) in [6.45, 7) is 0.709. The van der Waals surface area contributed by atoms with Crippen LogP contribution in [0.2, 0.25) is 5.02 Å². The fourth-order valence-electron chi connectivity index (χ4n) is 2.03. The molecular formula is C15H15ClN6O. The molecule has 1 aliphatic rings. The molecule has 0 saturated heterocycles. The zero-order chi connectivity index (χ0) is 16.2. The molecule has 2 aromatic rings. The quantitative estimate of drug-likeness (QED) is 0.366. The Morgan fingerprint density at radius 2 is 2.17 bits per heavy atom. The number of hydrogen-bond donors (Lipinski definition) is 2. The van der Waals surface area contributed by atoms with Crippen LogP contribution in [0.15, 0.2) is 40.9 Å². The van der Waals surface area contributed by atoms with Crippen molar-refractivity contribution < 1.29 is 4.74 Å². The maximum Gasteiger partial charge on any atom is 0.173 e. The summed E-state index contributed by atoms with van der Waals surface area (Å²) in [6, 6.07) is 7.17. The highest BCUT2D eigenvalue weighted by atomic mass is 35.5. The highest BCUT2D eigenvalue weighted by Gasteiger charge is 2.22. The van der Waals surface area contributed by atoms with Crippen molar-refractivity contribution in [3.63, 3.8) is 0 Å². The van der Waals surface area contributed by atoms with E-state index in [4.69, 9.17) is 27.6 Å². The third-order valence-electron chi connectivity index (χ3n) is 3.49. The number of rotatable bonds is 6. The second-order valence-electron chi connectivity index (χ2n) is 5.27. The van der Waals surface area contributed by atoms with Crippen molar-refractivity contribution in [2.24, 2.45) is 22.0 Å². The zero-order valence-corrected chi connectivity index (χ0v) is 13.0. The fraction of sp³-hybridized carbons (Fsp3) is 0.267. The summed E-state index contributed by atoms with van der Waals surface area (Å²) in [7, 11) is 0. The molecule has 1 saturated carbocycles. The molecule has 8 heteroatoms. The monoisotopic (exact) mass is 330 g/mol. The average Bonchev–Trinajstić information content (AvgIpc) is 3.38. The Balaban J connectivity index is 1.83. The van der Waals surface area contributed by atoms with Gasteiger partial charge in [-0.1, -0.05) is 16.8 Å². The van der Waals surface area contributed by atoms with Crippen molar-refractivity contribution >= 4 is 17.4 Å². The molecule has 0 amide bonds. The van der Waals surface area contributed by atoms with Crippen LogP contribution in [0.25, 0.3) is 11.3 Å². The second kappa shape index (κ2) is 6.70. The van der Waals surface area contributed by atoms with E-state index in [9.17, 15) is 0 Å². The van der Waals surface area contributed by atoms with Gasteiger partial charge in [-0.25, -0.2) is 9.97 Å². The van der Waals surface area contributed by atoms with Crippen molar-refractivity contribution in [1.29, 1.82) is 5.53 Å². The van der Waals surface area contributed by atoms with Crippen LogP contribution in [-0.2, 0) is 0 Å². The standard InChI is InChI=1S/C15H15ClN6O/c16-11-5-10(3-4-14(11)23-7-9-1-2-9)12-6-13(20-8-19-12)15(17)21-22-18/h3-6,8-9H,1-2,7H2,(H3,17,18,21). The van der Waals surface area contributed by atoms with Gasteiger partial charge in [-0.05, 0) is 43.0 Å². The number of halogens is 1. The minimum Gasteiger partial charge on any atom is -0.492 e. The number of amidine groups is 1. The smallest absolute Gasteiger partial charge is 0.173 e. The Morgan fingerprint density at radius 3 is 2.87 bits per heavy atom. The van der Waals surface area contributed by atoms with Crippen LogP contribution in [0.1, 0.15) is 18.5 Å². The van der Waals surface area contributed by atoms with Crippen molar-refractivity contribution in [2.45, 2.75) is 12.8 Å². The van der Waals surface area contributed by atoms with Gasteiger partial charge in [0.05, 0.1) is 17.3 Å². The van der Waals surface area contributed by atoms with Gasteiger partial charge in [0, 0.05) is 5.56 Å². The SMILES string of the molecule is N=NN=C(N)c1cc(-c2ccc(OCC3CC3)c(Cl)c2)ncn1. The first kappa shape index (κ1) is 15.4. The molecule has 0 spiro atoms. The number of nitrogens with zero attached hydrogens (tertiary/aromatic N) is 4. The number of benzene rings is 1. The van der Waals surface area contributed by atoms with Gasteiger partial charge in [0.1, 0.15) is 17.8 Å². The normalized spacial score (nSPS) is 14.6. The molecule has 23 heavy (non-hydrogen) atoms. The maximum atomic E-state index is 6.71. The van der Waals surface area contributed by atoms with Crippen LogP contribution < -0.4 is 10.5 Å². The molecule has 1 aromatic heterocycles. The number of nitrogens with two attached hydrogens (primary N) is 1. The molecule has 0 bridgehead atoms. The minimum absolute atomic E-state index is 0.0548. The van der Waals surface area contributed by atoms with E-state index in [1.54, 1.807) is 12.1 Å². The zero-order valence-electron chi connectivity index (χ0n) is 12.2. The number of aromatic nitrogens is 2. The molecule has 3 rings (SSSR count). The first-order valence-corrected chi connectivity index (χ1v) is 7.50. The Hall–Kier alpha value is -2.54. The third kappa shape index (κ3) is 3.81. The van der Waals surface area contributed by atoms with Crippen molar-refractivity contribution in [3.8, 4) is 17.0 Å². The van der Waals surface area contributed by atoms with Gasteiger partial charge in [-0.3, -0.25) is 0 Å². The summed E-state index contributed by atoms with van der Waals surface area (Å²) < 4.78 is 5.71. The summed E-state index contributed by atoms with van der Waals surface area (Å²) in [5, 5.41) is 6.89. The topological polar surface area (TPSA) is 110 Å². The lowest BCUT2D eigenvalue weighted by atomic mass is 10.1. The number of nitrogens with one attached hydrogen (secondary N) is 1. The molecule has 3 N–H and O–H groups in total. The number of hydrogen-bond acceptors (Lipinski definition) is 5. The molecule has 0 aliphatic heterocycles. The molecule has 7 nitrogen and oxygen atoms in total. The first-order valence-electron chi connectivity index (χ1n) is 7.12. The summed E-state index contributed by atoms with van der Waals surface area (Å²) in [5.74, 6) is 1.39. The van der Waals surface area contributed by atoms with Gasteiger partial charge in [0.2, 0.25) is 0 Å². The summed E-state index contributed by atoms with van der Waals surface area (Å²) in [6.07, 6.45) is 3.84. The molecule has 1 heterocycles. The molecule has 1 fully saturated rings. The van der Waals surface area contributed by atoms with E-state index in [0.29, 0.717) is 34.7 Å². The lowest BCUT2D eigenvalue weighted by Crippen LogP contribution is -2.14. The van der Waals surface area contributed by atoms with E-state index in [-0.39, 0.29) is 5.84 Å². The molecule has 0 unspecified atom stereocenters. The van der Waals surface area contributed by atoms with E-state index in [1.165, 1.54) is 19.2 Å². The maximum absolute atomic E-state index is 6.71. The molecule has 118 valence electrons. The lowest BCUT2D eigenvalue weighted by Gasteiger charge is -2.09. The summed E-state index contributed by atoms with van der Waals surface area (Å²) in [5.41, 5.74) is 14.2. The first-order chi connectivity index (χ1) is 11.2. The average molecular weight is 331 g/mol. The molecule has 1 aliphatic carbocycles. The van der Waals surface area contributed by atoms with Crippen LogP contribution >= 0.6 is 11.6 Å². The van der Waals surface area contributed by atoms with E-state index >= 15 is 0 Å². The third-order valence-corrected chi connectivity index (χ3v) is 3.78. The van der Waals surface area contributed by atoms with Gasteiger partial charge >= 0.3 is 0 Å². The van der Waals surface area contributed by atoms with Gasteiger partial charge in [-0.2, -0.15) is 5.53 Å². The van der Waals surface area contributed by atoms with Gasteiger partial charge in [-0.15, -0.1) is 5.10 Å². The van der Waals surface area contributed by atoms with E-state index in [1.807, 2.05) is 12.1 Å².